The zero-order valence-electron chi connectivity index (χ0n) is 6.10. The monoisotopic (exact) mass is 151 g/mol. The second kappa shape index (κ2) is 4.41. The molecular weight excluding hydrogens is 142 g/mol. The molecule has 0 saturated heterocycles. The van der Waals surface area contributed by atoms with Crippen LogP contribution in [0, 0.1) is 0 Å². The van der Waals surface area contributed by atoms with Crippen molar-refractivity contribution in [1.82, 2.24) is 9.78 Å². The third-order valence-corrected chi connectivity index (χ3v) is 1.28. The van der Waals surface area contributed by atoms with Crippen molar-refractivity contribution in [2.45, 2.75) is 13.0 Å². The van der Waals surface area contributed by atoms with E-state index in [1.807, 2.05) is 12.3 Å². The fraction of sp³-hybridized carbons (Fsp3) is 0.429. The average Bonchev–Trinajstić information content (AvgIpc) is 2.50. The van der Waals surface area contributed by atoms with Gasteiger partial charge in [0, 0.05) is 18.9 Å². The smallest absolute Gasteiger partial charge is 0.234 e. The molecule has 0 spiro atoms. The summed E-state index contributed by atoms with van der Waals surface area (Å²) in [4.78, 5) is 13.1. The number of hydrogen-bond acceptors (Lipinski definition) is 3. The van der Waals surface area contributed by atoms with Crippen molar-refractivity contribution in [1.29, 1.82) is 0 Å². The van der Waals surface area contributed by atoms with Gasteiger partial charge in [-0.15, -0.1) is 0 Å². The summed E-state index contributed by atoms with van der Waals surface area (Å²) in [6.07, 6.45) is 5.93. The van der Waals surface area contributed by atoms with Gasteiger partial charge >= 0.3 is 0 Å². The normalized spacial score (nSPS) is 9.09. The van der Waals surface area contributed by atoms with Gasteiger partial charge in [0.1, 0.15) is 0 Å². The molecule has 0 unspecified atom stereocenters. The van der Waals surface area contributed by atoms with Crippen LogP contribution >= 0.6 is 0 Å². The molecule has 0 saturated carbocycles. The van der Waals surface area contributed by atoms with E-state index in [9.17, 15) is 4.79 Å². The molecule has 1 heterocycles. The lowest BCUT2D eigenvalue weighted by Gasteiger charge is -1.95. The molecule has 1 aromatic heterocycles. The van der Waals surface area contributed by atoms with Crippen LogP contribution in [0.4, 0.5) is 0 Å². The molecule has 0 radical (unpaired) electrons. The molecule has 0 aromatic carbocycles. The second-order valence-corrected chi connectivity index (χ2v) is 2.10. The van der Waals surface area contributed by atoms with Gasteiger partial charge in [0.25, 0.3) is 0 Å². The zero-order valence-corrected chi connectivity index (χ0v) is 6.10. The Morgan fingerprint density at radius 1 is 1.64 bits per heavy atom. The highest BCUT2D eigenvalue weighted by atomic mass is 16.1. The van der Waals surface area contributed by atoms with Gasteiger partial charge in [-0.2, -0.15) is 5.10 Å². The van der Waals surface area contributed by atoms with Crippen LogP contribution in [0.15, 0.2) is 23.5 Å². The molecule has 0 N–H and O–H groups in total. The highest BCUT2D eigenvalue weighted by molar-refractivity contribution is 5.32. The molecule has 0 bridgehead atoms. The number of nitrogens with zero attached hydrogens (tertiary/aromatic N) is 3. The molecule has 0 atom stereocenters. The molecule has 0 amide bonds. The van der Waals surface area contributed by atoms with E-state index in [1.54, 1.807) is 10.9 Å². The van der Waals surface area contributed by atoms with E-state index < -0.39 is 0 Å². The van der Waals surface area contributed by atoms with Crippen molar-refractivity contribution in [3.8, 4) is 0 Å². The van der Waals surface area contributed by atoms with Gasteiger partial charge in [-0.05, 0) is 12.5 Å². The van der Waals surface area contributed by atoms with Crippen LogP contribution in [-0.2, 0) is 11.3 Å². The number of rotatable bonds is 4. The predicted molar refractivity (Wildman–Crippen MR) is 39.8 cm³/mol. The first-order valence-electron chi connectivity index (χ1n) is 3.44. The Hall–Kier alpha value is -1.41. The summed E-state index contributed by atoms with van der Waals surface area (Å²) in [5, 5.41) is 3.99. The summed E-state index contributed by atoms with van der Waals surface area (Å²) in [5.41, 5.74) is 0. The number of aliphatic imine (C=N–C) groups is 1. The van der Waals surface area contributed by atoms with Crippen LogP contribution in [0.1, 0.15) is 6.42 Å². The number of aryl methyl sites for hydroxylation is 1. The Morgan fingerprint density at radius 2 is 2.55 bits per heavy atom. The van der Waals surface area contributed by atoms with Crippen LogP contribution in [0.5, 0.6) is 0 Å². The van der Waals surface area contributed by atoms with Crippen LogP contribution in [0.25, 0.3) is 0 Å². The number of isocyanates is 1. The van der Waals surface area contributed by atoms with Crippen LogP contribution in [-0.4, -0.2) is 22.4 Å². The Morgan fingerprint density at radius 3 is 3.18 bits per heavy atom. The minimum Gasteiger partial charge on any atom is -0.273 e. The van der Waals surface area contributed by atoms with Crippen LogP contribution in [0.2, 0.25) is 0 Å². The van der Waals surface area contributed by atoms with E-state index in [0.717, 1.165) is 13.0 Å². The minimum atomic E-state index is 0.531. The third kappa shape index (κ3) is 2.78. The fourth-order valence-corrected chi connectivity index (χ4v) is 0.790. The van der Waals surface area contributed by atoms with E-state index in [2.05, 4.69) is 10.1 Å². The molecule has 0 aliphatic rings. The maximum Gasteiger partial charge on any atom is 0.234 e. The van der Waals surface area contributed by atoms with E-state index in [4.69, 9.17) is 0 Å². The molecule has 1 rings (SSSR count). The molecule has 0 aliphatic carbocycles. The Labute approximate surface area is 64.6 Å². The van der Waals surface area contributed by atoms with Gasteiger partial charge in [0.15, 0.2) is 0 Å². The van der Waals surface area contributed by atoms with Gasteiger partial charge in [-0.1, -0.05) is 0 Å². The Balaban J connectivity index is 2.18. The lowest BCUT2D eigenvalue weighted by atomic mass is 10.4. The minimum absolute atomic E-state index is 0.531. The average molecular weight is 151 g/mol. The molecule has 1 aromatic rings. The lowest BCUT2D eigenvalue weighted by molar-refractivity contribution is 0.556. The topological polar surface area (TPSA) is 47.2 Å². The highest BCUT2D eigenvalue weighted by Gasteiger charge is 1.88. The van der Waals surface area contributed by atoms with Crippen molar-refractivity contribution in [2.75, 3.05) is 6.54 Å². The first-order chi connectivity index (χ1) is 5.43. The van der Waals surface area contributed by atoms with E-state index in [0.29, 0.717) is 6.54 Å². The number of hydrogen-bond donors (Lipinski definition) is 0. The predicted octanol–water partition coefficient (Wildman–Crippen LogP) is 0.609. The maximum atomic E-state index is 9.65. The highest BCUT2D eigenvalue weighted by Crippen LogP contribution is 1.88. The van der Waals surface area contributed by atoms with Crippen LogP contribution < -0.4 is 0 Å². The van der Waals surface area contributed by atoms with E-state index in [-0.39, 0.29) is 0 Å². The van der Waals surface area contributed by atoms with Crippen molar-refractivity contribution in [3.63, 3.8) is 0 Å². The summed E-state index contributed by atoms with van der Waals surface area (Å²) in [7, 11) is 0. The molecule has 0 aliphatic heterocycles. The zero-order chi connectivity index (χ0) is 7.94. The summed E-state index contributed by atoms with van der Waals surface area (Å²) in [6.45, 7) is 1.33. The van der Waals surface area contributed by atoms with Gasteiger partial charge in [0.05, 0.1) is 6.54 Å². The summed E-state index contributed by atoms with van der Waals surface area (Å²) >= 11 is 0. The van der Waals surface area contributed by atoms with Crippen molar-refractivity contribution in [3.05, 3.63) is 18.5 Å². The van der Waals surface area contributed by atoms with Gasteiger partial charge in [0.2, 0.25) is 6.08 Å². The second-order valence-electron chi connectivity index (χ2n) is 2.10. The number of carbonyl (C=O) groups excluding carboxylic acids is 1. The van der Waals surface area contributed by atoms with Crippen molar-refractivity contribution >= 4 is 6.08 Å². The molecular formula is C7H9N3O. The maximum absolute atomic E-state index is 9.65. The third-order valence-electron chi connectivity index (χ3n) is 1.28. The molecule has 4 nitrogen and oxygen atoms in total. The van der Waals surface area contributed by atoms with Gasteiger partial charge < -0.3 is 0 Å². The quantitative estimate of drug-likeness (QED) is 0.359. The van der Waals surface area contributed by atoms with Crippen molar-refractivity contribution < 1.29 is 4.79 Å². The fourth-order valence-electron chi connectivity index (χ4n) is 0.790. The molecule has 0 fully saturated rings. The first kappa shape index (κ1) is 7.69. The largest absolute Gasteiger partial charge is 0.273 e. The Kier molecular flexibility index (Phi) is 3.09. The molecule has 4 heteroatoms. The molecule has 11 heavy (non-hydrogen) atoms. The van der Waals surface area contributed by atoms with Gasteiger partial charge in [-0.25, -0.2) is 9.79 Å². The summed E-state index contributed by atoms with van der Waals surface area (Å²) in [5.74, 6) is 0. The lowest BCUT2D eigenvalue weighted by Crippen LogP contribution is -1.99. The van der Waals surface area contributed by atoms with E-state index >= 15 is 0 Å². The number of aromatic nitrogens is 2. The molecule has 58 valence electrons. The SMILES string of the molecule is O=C=NCCCn1cccn1. The van der Waals surface area contributed by atoms with E-state index in [1.165, 1.54) is 6.08 Å². The van der Waals surface area contributed by atoms with Crippen LogP contribution in [0.3, 0.4) is 0 Å². The first-order valence-corrected chi connectivity index (χ1v) is 3.44. The van der Waals surface area contributed by atoms with Crippen molar-refractivity contribution in [2.24, 2.45) is 4.99 Å². The summed E-state index contributed by atoms with van der Waals surface area (Å²) in [6, 6.07) is 1.86. The Bertz CT molecular complexity index is 236. The summed E-state index contributed by atoms with van der Waals surface area (Å²) < 4.78 is 1.81. The standard InChI is InChI=1S/C7H9N3O/c11-7-8-3-1-5-10-6-2-4-9-10/h2,4,6H,1,3,5H2. The van der Waals surface area contributed by atoms with Gasteiger partial charge in [-0.3, -0.25) is 4.68 Å².